The zero-order chi connectivity index (χ0) is 13.9. The van der Waals surface area contributed by atoms with Gasteiger partial charge in [0, 0.05) is 32.6 Å². The Balaban J connectivity index is 2.75. The molecule has 0 saturated carbocycles. The largest absolute Gasteiger partial charge is 0.388 e. The summed E-state index contributed by atoms with van der Waals surface area (Å²) < 4.78 is 27.7. The van der Waals surface area contributed by atoms with Crippen molar-refractivity contribution in [2.75, 3.05) is 20.1 Å². The van der Waals surface area contributed by atoms with Crippen LogP contribution in [0.2, 0.25) is 0 Å². The monoisotopic (exact) mass is 276 g/mol. The van der Waals surface area contributed by atoms with Crippen molar-refractivity contribution in [2.24, 2.45) is 11.7 Å². The van der Waals surface area contributed by atoms with Gasteiger partial charge >= 0.3 is 0 Å². The summed E-state index contributed by atoms with van der Waals surface area (Å²) in [5.74, 6) is 0.418. The fraction of sp³-hybridized carbons (Fsp3) is 0.909. The predicted octanol–water partition coefficient (Wildman–Crippen LogP) is 0.609. The van der Waals surface area contributed by atoms with Crippen molar-refractivity contribution in [3.05, 3.63) is 0 Å². The molecule has 1 fully saturated rings. The van der Waals surface area contributed by atoms with E-state index in [1.165, 1.54) is 8.61 Å². The van der Waals surface area contributed by atoms with Crippen molar-refractivity contribution < 1.29 is 8.42 Å². The summed E-state index contributed by atoms with van der Waals surface area (Å²) in [6.45, 7) is 5.01. The molecule has 1 rings (SSSR count). The summed E-state index contributed by atoms with van der Waals surface area (Å²) in [7, 11) is -1.87. The van der Waals surface area contributed by atoms with E-state index in [0.717, 1.165) is 12.8 Å². The molecular weight excluding hydrogens is 252 g/mol. The van der Waals surface area contributed by atoms with Crippen molar-refractivity contribution >= 4 is 16.0 Å². The minimum atomic E-state index is -3.43. The lowest BCUT2D eigenvalue weighted by atomic mass is 10.0. The Bertz CT molecular complexity index is 396. The number of hydrogen-bond donors (Lipinski definition) is 2. The summed E-state index contributed by atoms with van der Waals surface area (Å²) in [6, 6.07) is -0.287. The molecule has 0 amide bonds. The van der Waals surface area contributed by atoms with Crippen LogP contribution < -0.4 is 5.73 Å². The summed E-state index contributed by atoms with van der Waals surface area (Å²) in [4.78, 5) is 0. The first-order valence-corrected chi connectivity index (χ1v) is 7.70. The summed E-state index contributed by atoms with van der Waals surface area (Å²) in [5.41, 5.74) is 5.32. The topological polar surface area (TPSA) is 90.5 Å². The zero-order valence-electron chi connectivity index (χ0n) is 11.4. The first-order chi connectivity index (χ1) is 8.25. The van der Waals surface area contributed by atoms with E-state index in [1.54, 1.807) is 14.0 Å². The maximum Gasteiger partial charge on any atom is 0.281 e. The number of hydrogen-bond acceptors (Lipinski definition) is 3. The van der Waals surface area contributed by atoms with Gasteiger partial charge in [-0.2, -0.15) is 17.0 Å². The Hall–Kier alpha value is -0.660. The third-order valence-electron chi connectivity index (χ3n) is 3.45. The number of rotatable bonds is 5. The van der Waals surface area contributed by atoms with Gasteiger partial charge in [0.1, 0.15) is 0 Å². The molecule has 0 aromatic carbocycles. The fourth-order valence-corrected chi connectivity index (χ4v) is 3.91. The third-order valence-corrected chi connectivity index (χ3v) is 5.52. The van der Waals surface area contributed by atoms with Crippen LogP contribution >= 0.6 is 0 Å². The standard InChI is InChI=1S/C11H24N4O2S/c1-9-5-4-6-15(8-9)18(16,17)14(3)10(2)7-11(12)13/h9-10H,4-8H2,1-3H3,(H3,12,13). The first-order valence-electron chi connectivity index (χ1n) is 6.31. The molecule has 1 saturated heterocycles. The maximum absolute atomic E-state index is 12.4. The molecule has 106 valence electrons. The number of nitrogens with zero attached hydrogens (tertiary/aromatic N) is 2. The molecule has 0 spiro atoms. The Kier molecular flexibility index (Phi) is 5.12. The van der Waals surface area contributed by atoms with Crippen LogP contribution in [0.1, 0.15) is 33.1 Å². The number of nitrogens with one attached hydrogen (secondary N) is 1. The second-order valence-corrected chi connectivity index (χ2v) is 7.20. The summed E-state index contributed by atoms with van der Waals surface area (Å²) >= 11 is 0. The van der Waals surface area contributed by atoms with E-state index in [1.807, 2.05) is 0 Å². The first kappa shape index (κ1) is 15.4. The highest BCUT2D eigenvalue weighted by Gasteiger charge is 2.32. The van der Waals surface area contributed by atoms with E-state index in [9.17, 15) is 8.42 Å². The van der Waals surface area contributed by atoms with Gasteiger partial charge in [0.2, 0.25) is 0 Å². The van der Waals surface area contributed by atoms with Crippen LogP contribution in [0.5, 0.6) is 0 Å². The van der Waals surface area contributed by atoms with Gasteiger partial charge in [0.25, 0.3) is 10.2 Å². The van der Waals surface area contributed by atoms with E-state index in [2.05, 4.69) is 6.92 Å². The number of amidine groups is 1. The highest BCUT2D eigenvalue weighted by Crippen LogP contribution is 2.21. The Labute approximate surface area is 110 Å². The molecule has 18 heavy (non-hydrogen) atoms. The highest BCUT2D eigenvalue weighted by atomic mass is 32.2. The normalized spacial score (nSPS) is 24.1. The lowest BCUT2D eigenvalue weighted by Gasteiger charge is -2.35. The molecule has 7 heteroatoms. The van der Waals surface area contributed by atoms with Gasteiger partial charge in [-0.25, -0.2) is 0 Å². The van der Waals surface area contributed by atoms with Crippen molar-refractivity contribution in [3.8, 4) is 0 Å². The molecule has 0 aromatic rings. The molecule has 1 heterocycles. The van der Waals surface area contributed by atoms with Gasteiger partial charge in [0.15, 0.2) is 0 Å². The minimum Gasteiger partial charge on any atom is -0.388 e. The van der Waals surface area contributed by atoms with Crippen molar-refractivity contribution in [1.29, 1.82) is 5.41 Å². The van der Waals surface area contributed by atoms with Crippen LogP contribution in [-0.4, -0.2) is 49.0 Å². The smallest absolute Gasteiger partial charge is 0.281 e. The van der Waals surface area contributed by atoms with E-state index in [4.69, 9.17) is 11.1 Å². The van der Waals surface area contributed by atoms with Gasteiger partial charge in [-0.05, 0) is 25.7 Å². The molecule has 0 aromatic heterocycles. The SMILES string of the molecule is CC1CCCN(S(=O)(=O)N(C)C(C)CC(=N)N)C1. The quantitative estimate of drug-likeness (QED) is 0.569. The molecular formula is C11H24N4O2S. The summed E-state index contributed by atoms with van der Waals surface area (Å²) in [6.07, 6.45) is 2.26. The van der Waals surface area contributed by atoms with Crippen LogP contribution in [0.3, 0.4) is 0 Å². The van der Waals surface area contributed by atoms with E-state index in [0.29, 0.717) is 19.0 Å². The lowest BCUT2D eigenvalue weighted by Crippen LogP contribution is -2.49. The minimum absolute atomic E-state index is 0.0107. The Morgan fingerprint density at radius 3 is 2.72 bits per heavy atom. The van der Waals surface area contributed by atoms with Crippen LogP contribution in [0, 0.1) is 11.3 Å². The highest BCUT2D eigenvalue weighted by molar-refractivity contribution is 7.86. The second kappa shape index (κ2) is 5.99. The van der Waals surface area contributed by atoms with Crippen LogP contribution in [0.25, 0.3) is 0 Å². The van der Waals surface area contributed by atoms with Crippen molar-refractivity contribution in [1.82, 2.24) is 8.61 Å². The van der Waals surface area contributed by atoms with E-state index < -0.39 is 10.2 Å². The molecule has 1 aliphatic heterocycles. The summed E-state index contributed by atoms with van der Waals surface area (Å²) in [5, 5.41) is 7.24. The lowest BCUT2D eigenvalue weighted by molar-refractivity contribution is 0.255. The van der Waals surface area contributed by atoms with E-state index >= 15 is 0 Å². The number of piperidine rings is 1. The third kappa shape index (κ3) is 3.66. The van der Waals surface area contributed by atoms with E-state index in [-0.39, 0.29) is 18.3 Å². The van der Waals surface area contributed by atoms with Crippen LogP contribution in [0.4, 0.5) is 0 Å². The second-order valence-electron chi connectivity index (χ2n) is 5.21. The fourth-order valence-electron chi connectivity index (χ4n) is 2.21. The molecule has 3 N–H and O–H groups in total. The molecule has 2 unspecified atom stereocenters. The molecule has 2 atom stereocenters. The van der Waals surface area contributed by atoms with Crippen LogP contribution in [0.15, 0.2) is 0 Å². The van der Waals surface area contributed by atoms with Crippen LogP contribution in [-0.2, 0) is 10.2 Å². The molecule has 0 bridgehead atoms. The van der Waals surface area contributed by atoms with Gasteiger partial charge in [-0.15, -0.1) is 0 Å². The Morgan fingerprint density at radius 1 is 1.61 bits per heavy atom. The van der Waals surface area contributed by atoms with Crippen molar-refractivity contribution in [3.63, 3.8) is 0 Å². The zero-order valence-corrected chi connectivity index (χ0v) is 12.2. The Morgan fingerprint density at radius 2 is 2.22 bits per heavy atom. The maximum atomic E-state index is 12.4. The molecule has 0 radical (unpaired) electrons. The molecule has 0 aliphatic carbocycles. The van der Waals surface area contributed by atoms with Gasteiger partial charge in [0.05, 0.1) is 5.84 Å². The average Bonchev–Trinajstić information content (AvgIpc) is 2.27. The van der Waals surface area contributed by atoms with Gasteiger partial charge in [-0.3, -0.25) is 5.41 Å². The number of nitrogens with two attached hydrogens (primary N) is 1. The average molecular weight is 276 g/mol. The molecule has 1 aliphatic rings. The molecule has 6 nitrogen and oxygen atoms in total. The van der Waals surface area contributed by atoms with Gasteiger partial charge < -0.3 is 5.73 Å². The van der Waals surface area contributed by atoms with Crippen molar-refractivity contribution in [2.45, 2.75) is 39.2 Å². The predicted molar refractivity (Wildman–Crippen MR) is 72.6 cm³/mol. The van der Waals surface area contributed by atoms with Gasteiger partial charge in [-0.1, -0.05) is 6.92 Å².